The van der Waals surface area contributed by atoms with E-state index in [2.05, 4.69) is 36.4 Å². The summed E-state index contributed by atoms with van der Waals surface area (Å²) < 4.78 is 0. The molecule has 0 saturated carbocycles. The number of allylic oxidation sites excluding steroid dienone is 6. The Kier molecular flexibility index (Phi) is 3.55. The molecular weight excluding hydrogens is 300 g/mol. The van der Waals surface area contributed by atoms with E-state index in [0.29, 0.717) is 0 Å². The lowest BCUT2D eigenvalue weighted by atomic mass is 9.66. The maximum absolute atomic E-state index is 13.2. The normalized spacial score (nSPS) is 21.7. The first-order valence-electron chi connectivity index (χ1n) is 7.72. The number of hydrogen-bond donors (Lipinski definition) is 0. The molecule has 112 valence electrons. The van der Waals surface area contributed by atoms with E-state index < -0.39 is 5.41 Å². The minimum Gasteiger partial charge on any atom is -0.285 e. The van der Waals surface area contributed by atoms with E-state index in [0.717, 1.165) is 16.0 Å². The highest BCUT2D eigenvalue weighted by molar-refractivity contribution is 8.17. The van der Waals surface area contributed by atoms with E-state index in [1.54, 1.807) is 0 Å². The molecule has 4 rings (SSSR count). The van der Waals surface area contributed by atoms with Gasteiger partial charge in [0, 0.05) is 10.8 Å². The third-order valence-corrected chi connectivity index (χ3v) is 5.68. The average Bonchev–Trinajstić information content (AvgIpc) is 2.74. The maximum Gasteiger partial charge on any atom is 0.209 e. The first-order chi connectivity index (χ1) is 11.3. The summed E-state index contributed by atoms with van der Waals surface area (Å²) in [7, 11) is 0. The lowest BCUT2D eigenvalue weighted by Gasteiger charge is -2.33. The van der Waals surface area contributed by atoms with E-state index >= 15 is 0 Å². The van der Waals surface area contributed by atoms with Crippen LogP contribution in [0, 0.1) is 5.92 Å². The van der Waals surface area contributed by atoms with Crippen molar-refractivity contribution in [3.05, 3.63) is 107 Å². The summed E-state index contributed by atoms with van der Waals surface area (Å²) in [6.45, 7) is 0. The average molecular weight is 316 g/mol. The Hall–Kier alpha value is -2.32. The van der Waals surface area contributed by atoms with Crippen molar-refractivity contribution in [2.75, 3.05) is 0 Å². The third-order valence-electron chi connectivity index (χ3n) is 4.55. The van der Waals surface area contributed by atoms with Crippen LogP contribution >= 0.6 is 11.8 Å². The molecule has 1 unspecified atom stereocenters. The van der Waals surface area contributed by atoms with Gasteiger partial charge in [0.2, 0.25) is 5.12 Å². The summed E-state index contributed by atoms with van der Waals surface area (Å²) in [4.78, 5) is 14.4. The Labute approximate surface area is 140 Å². The molecule has 0 radical (unpaired) electrons. The molecule has 2 aromatic rings. The van der Waals surface area contributed by atoms with Crippen LogP contribution in [-0.2, 0) is 10.2 Å². The summed E-state index contributed by atoms with van der Waals surface area (Å²) in [6.07, 6.45) is 10.3. The Morgan fingerprint density at radius 2 is 1.39 bits per heavy atom. The molecule has 1 heterocycles. The van der Waals surface area contributed by atoms with Crippen molar-refractivity contribution in [1.29, 1.82) is 0 Å². The Morgan fingerprint density at radius 3 is 2.00 bits per heavy atom. The van der Waals surface area contributed by atoms with E-state index in [4.69, 9.17) is 0 Å². The second kappa shape index (κ2) is 5.71. The predicted octanol–water partition coefficient (Wildman–Crippen LogP) is 4.87. The number of rotatable bonds is 2. The highest BCUT2D eigenvalue weighted by Gasteiger charge is 2.54. The van der Waals surface area contributed by atoms with Gasteiger partial charge in [-0.1, -0.05) is 103 Å². The smallest absolute Gasteiger partial charge is 0.209 e. The lowest BCUT2D eigenvalue weighted by molar-refractivity contribution is -0.114. The molecule has 2 heteroatoms. The zero-order valence-electron chi connectivity index (χ0n) is 12.6. The van der Waals surface area contributed by atoms with Gasteiger partial charge in [0.15, 0.2) is 0 Å². The van der Waals surface area contributed by atoms with Gasteiger partial charge >= 0.3 is 0 Å². The van der Waals surface area contributed by atoms with Crippen LogP contribution in [0.2, 0.25) is 0 Å². The summed E-state index contributed by atoms with van der Waals surface area (Å²) >= 11 is 1.38. The lowest BCUT2D eigenvalue weighted by Crippen LogP contribution is -2.37. The van der Waals surface area contributed by atoms with Crippen LogP contribution in [0.4, 0.5) is 0 Å². The van der Waals surface area contributed by atoms with Crippen LogP contribution in [0.3, 0.4) is 0 Å². The Morgan fingerprint density at radius 1 is 0.783 bits per heavy atom. The van der Waals surface area contributed by atoms with Crippen molar-refractivity contribution in [2.45, 2.75) is 5.41 Å². The second-order valence-electron chi connectivity index (χ2n) is 5.75. The Balaban J connectivity index is 2.02. The van der Waals surface area contributed by atoms with Crippen LogP contribution < -0.4 is 0 Å². The zero-order valence-corrected chi connectivity index (χ0v) is 13.4. The zero-order chi connectivity index (χ0) is 15.7. The van der Waals surface area contributed by atoms with Gasteiger partial charge in [-0.3, -0.25) is 4.79 Å². The van der Waals surface area contributed by atoms with Gasteiger partial charge < -0.3 is 0 Å². The van der Waals surface area contributed by atoms with Crippen LogP contribution in [0.5, 0.6) is 0 Å². The largest absolute Gasteiger partial charge is 0.285 e. The van der Waals surface area contributed by atoms with Gasteiger partial charge in [-0.15, -0.1) is 0 Å². The molecule has 1 nitrogen and oxygen atoms in total. The van der Waals surface area contributed by atoms with Gasteiger partial charge in [0.25, 0.3) is 0 Å². The van der Waals surface area contributed by atoms with Gasteiger partial charge in [0.1, 0.15) is 5.41 Å². The van der Waals surface area contributed by atoms with Crippen LogP contribution in [0.15, 0.2) is 95.9 Å². The topological polar surface area (TPSA) is 17.1 Å². The molecule has 0 aromatic heterocycles. The SMILES string of the molecule is O=C1SC2=CC=CC=CC2C1(c1ccccc1)c1ccccc1. The van der Waals surface area contributed by atoms with Gasteiger partial charge in [-0.25, -0.2) is 0 Å². The molecule has 0 bridgehead atoms. The molecule has 1 atom stereocenters. The van der Waals surface area contributed by atoms with Crippen molar-refractivity contribution < 1.29 is 4.79 Å². The molecule has 1 aliphatic carbocycles. The van der Waals surface area contributed by atoms with Crippen molar-refractivity contribution >= 4 is 16.9 Å². The minimum atomic E-state index is -0.651. The predicted molar refractivity (Wildman–Crippen MR) is 96.1 cm³/mol. The van der Waals surface area contributed by atoms with Crippen molar-refractivity contribution in [1.82, 2.24) is 0 Å². The number of carbonyl (C=O) groups excluding carboxylic acids is 1. The van der Waals surface area contributed by atoms with Crippen molar-refractivity contribution in [2.24, 2.45) is 5.92 Å². The molecule has 23 heavy (non-hydrogen) atoms. The van der Waals surface area contributed by atoms with E-state index in [-0.39, 0.29) is 11.0 Å². The summed E-state index contributed by atoms with van der Waals surface area (Å²) in [5, 5.41) is 0.200. The summed E-state index contributed by atoms with van der Waals surface area (Å²) in [5.41, 5.74) is 1.47. The van der Waals surface area contributed by atoms with Crippen LogP contribution in [-0.4, -0.2) is 5.12 Å². The van der Waals surface area contributed by atoms with E-state index in [1.807, 2.05) is 54.6 Å². The van der Waals surface area contributed by atoms with Crippen LogP contribution in [0.1, 0.15) is 11.1 Å². The highest BCUT2D eigenvalue weighted by Crippen LogP contribution is 2.56. The van der Waals surface area contributed by atoms with Gasteiger partial charge in [0.05, 0.1) is 0 Å². The monoisotopic (exact) mass is 316 g/mol. The molecule has 0 N–H and O–H groups in total. The number of thioether (sulfide) groups is 1. The fourth-order valence-electron chi connectivity index (χ4n) is 3.52. The third kappa shape index (κ3) is 2.13. The molecule has 1 saturated heterocycles. The Bertz CT molecular complexity index is 776. The molecule has 1 aliphatic heterocycles. The van der Waals surface area contributed by atoms with Gasteiger partial charge in [-0.2, -0.15) is 0 Å². The van der Waals surface area contributed by atoms with E-state index in [1.165, 1.54) is 11.8 Å². The van der Waals surface area contributed by atoms with Gasteiger partial charge in [-0.05, 0) is 11.1 Å². The molecule has 0 spiro atoms. The molecule has 0 amide bonds. The summed E-state index contributed by atoms with van der Waals surface area (Å²) in [6, 6.07) is 20.3. The standard InChI is InChI=1S/C21H16OS/c22-20-21(16-10-4-1-5-11-16,17-12-6-2-7-13-17)18-14-8-3-9-15-19(18)23-20/h1-15,18H. The minimum absolute atomic E-state index is 0.0415. The van der Waals surface area contributed by atoms with Crippen molar-refractivity contribution in [3.8, 4) is 0 Å². The number of carbonyl (C=O) groups is 1. The number of hydrogen-bond acceptors (Lipinski definition) is 2. The fourth-order valence-corrected chi connectivity index (χ4v) is 4.79. The van der Waals surface area contributed by atoms with Crippen molar-refractivity contribution in [3.63, 3.8) is 0 Å². The molecular formula is C21H16OS. The maximum atomic E-state index is 13.2. The second-order valence-corrected chi connectivity index (χ2v) is 6.79. The fraction of sp³-hybridized carbons (Fsp3) is 0.0952. The molecule has 2 aliphatic rings. The first-order valence-corrected chi connectivity index (χ1v) is 8.53. The molecule has 2 aromatic carbocycles. The molecule has 1 fully saturated rings. The quantitative estimate of drug-likeness (QED) is 0.786. The number of benzene rings is 2. The highest BCUT2D eigenvalue weighted by atomic mass is 32.2. The van der Waals surface area contributed by atoms with E-state index in [9.17, 15) is 4.79 Å². The first kappa shape index (κ1) is 14.3. The van der Waals surface area contributed by atoms with Crippen LogP contribution in [0.25, 0.3) is 0 Å². The summed E-state index contributed by atoms with van der Waals surface area (Å²) in [5.74, 6) is 0.0415. The number of fused-ring (bicyclic) bond motifs is 1.